The fourth-order valence-corrected chi connectivity index (χ4v) is 4.46. The summed E-state index contributed by atoms with van der Waals surface area (Å²) in [6.07, 6.45) is 6.07. The molecule has 0 spiro atoms. The van der Waals surface area contributed by atoms with Gasteiger partial charge in [-0.2, -0.15) is 0 Å². The minimum atomic E-state index is -1.02. The number of hydrogen-bond donors (Lipinski definition) is 3. The standard InChI is InChI=1S/C25H19F2N7OS/c26-19-5-3-15(10-31-24(35)16-2-1-7-29-9-16)22(21(19)27)30-11-17-12-32-25(36-17)14-4-6-20-18(8-14)23(28)34-13-33-20/h1-9,12-13,30H,10-11H2,(H,31,35)(H2,28,33,34). The summed E-state index contributed by atoms with van der Waals surface area (Å²) in [7, 11) is 0. The van der Waals surface area contributed by atoms with E-state index >= 15 is 0 Å². The van der Waals surface area contributed by atoms with Crippen molar-refractivity contribution in [2.45, 2.75) is 13.1 Å². The minimum Gasteiger partial charge on any atom is -0.383 e. The average molecular weight is 504 g/mol. The van der Waals surface area contributed by atoms with Gasteiger partial charge in [0.2, 0.25) is 0 Å². The number of pyridine rings is 1. The molecule has 0 unspecified atom stereocenters. The molecule has 5 aromatic rings. The molecular formula is C25H19F2N7OS. The van der Waals surface area contributed by atoms with E-state index in [-0.39, 0.29) is 24.7 Å². The summed E-state index contributed by atoms with van der Waals surface area (Å²) in [4.78, 5) is 29.7. The Bertz CT molecular complexity index is 1560. The number of halogens is 2. The molecule has 180 valence electrons. The van der Waals surface area contributed by atoms with E-state index in [1.165, 1.54) is 29.9 Å². The lowest BCUT2D eigenvalue weighted by Crippen LogP contribution is -2.23. The molecule has 36 heavy (non-hydrogen) atoms. The first kappa shape index (κ1) is 23.2. The Hall–Kier alpha value is -4.51. The Morgan fingerprint density at radius 2 is 1.92 bits per heavy atom. The molecule has 5 rings (SSSR count). The highest BCUT2D eigenvalue weighted by Gasteiger charge is 2.16. The summed E-state index contributed by atoms with van der Waals surface area (Å²) in [5, 5.41) is 7.13. The van der Waals surface area contributed by atoms with Crippen molar-refractivity contribution < 1.29 is 13.6 Å². The Labute approximate surface area is 208 Å². The number of carbonyl (C=O) groups excluding carboxylic acids is 1. The van der Waals surface area contributed by atoms with Crippen LogP contribution in [0.25, 0.3) is 21.5 Å². The summed E-state index contributed by atoms with van der Waals surface area (Å²) in [5.41, 5.74) is 8.29. The van der Waals surface area contributed by atoms with E-state index in [9.17, 15) is 13.6 Å². The molecule has 0 aliphatic rings. The molecule has 0 bridgehead atoms. The van der Waals surface area contributed by atoms with E-state index in [2.05, 4.69) is 30.6 Å². The van der Waals surface area contributed by atoms with Crippen molar-refractivity contribution >= 4 is 39.7 Å². The first-order chi connectivity index (χ1) is 17.5. The first-order valence-electron chi connectivity index (χ1n) is 10.8. The van der Waals surface area contributed by atoms with Crippen molar-refractivity contribution in [2.24, 2.45) is 0 Å². The predicted octanol–water partition coefficient (Wildman–Crippen LogP) is 4.55. The van der Waals surface area contributed by atoms with Gasteiger partial charge in [-0.3, -0.25) is 9.78 Å². The number of benzene rings is 2. The molecule has 3 aromatic heterocycles. The van der Waals surface area contributed by atoms with Crippen LogP contribution in [0.5, 0.6) is 0 Å². The van der Waals surface area contributed by atoms with Crippen molar-refractivity contribution in [2.75, 3.05) is 11.1 Å². The Morgan fingerprint density at radius 3 is 2.75 bits per heavy atom. The van der Waals surface area contributed by atoms with Crippen molar-refractivity contribution in [1.82, 2.24) is 25.3 Å². The van der Waals surface area contributed by atoms with E-state index in [0.717, 1.165) is 32.4 Å². The summed E-state index contributed by atoms with van der Waals surface area (Å²) < 4.78 is 28.7. The summed E-state index contributed by atoms with van der Waals surface area (Å²) >= 11 is 1.40. The molecule has 3 heterocycles. The number of aromatic nitrogens is 4. The molecule has 1 amide bonds. The first-order valence-corrected chi connectivity index (χ1v) is 11.7. The fraction of sp³-hybridized carbons (Fsp3) is 0.0800. The number of thiazole rings is 1. The third-order valence-electron chi connectivity index (χ3n) is 5.45. The summed E-state index contributed by atoms with van der Waals surface area (Å²) in [6.45, 7) is 0.211. The van der Waals surface area contributed by atoms with Gasteiger partial charge in [0.1, 0.15) is 17.2 Å². The number of carbonyl (C=O) groups is 1. The molecule has 8 nitrogen and oxygen atoms in total. The van der Waals surface area contributed by atoms with Gasteiger partial charge < -0.3 is 16.4 Å². The SMILES string of the molecule is Nc1ncnc2ccc(-c3ncc(CNc4c(CNC(=O)c5cccnc5)ccc(F)c4F)s3)cc12. The smallest absolute Gasteiger partial charge is 0.253 e. The molecular weight excluding hydrogens is 484 g/mol. The summed E-state index contributed by atoms with van der Waals surface area (Å²) in [5.74, 6) is -1.99. The fourth-order valence-electron chi connectivity index (χ4n) is 3.61. The van der Waals surface area contributed by atoms with Crippen LogP contribution in [0.4, 0.5) is 20.3 Å². The zero-order valence-corrected chi connectivity index (χ0v) is 19.5. The highest BCUT2D eigenvalue weighted by Crippen LogP contribution is 2.30. The van der Waals surface area contributed by atoms with Crippen LogP contribution in [0.3, 0.4) is 0 Å². The number of nitrogens with one attached hydrogen (secondary N) is 2. The summed E-state index contributed by atoms with van der Waals surface area (Å²) in [6, 6.07) is 11.3. The highest BCUT2D eigenvalue weighted by molar-refractivity contribution is 7.15. The number of rotatable bonds is 7. The third-order valence-corrected chi connectivity index (χ3v) is 6.50. The van der Waals surface area contributed by atoms with Gasteiger partial charge >= 0.3 is 0 Å². The molecule has 2 aromatic carbocycles. The van der Waals surface area contributed by atoms with Gasteiger partial charge in [-0.1, -0.05) is 6.07 Å². The molecule has 0 saturated heterocycles. The lowest BCUT2D eigenvalue weighted by atomic mass is 10.1. The molecule has 0 aliphatic heterocycles. The predicted molar refractivity (Wildman–Crippen MR) is 134 cm³/mol. The normalized spacial score (nSPS) is 10.9. The average Bonchev–Trinajstić information content (AvgIpc) is 3.38. The zero-order chi connectivity index (χ0) is 25.1. The van der Waals surface area contributed by atoms with Crippen LogP contribution in [0, 0.1) is 11.6 Å². The number of hydrogen-bond acceptors (Lipinski definition) is 8. The maximum Gasteiger partial charge on any atom is 0.253 e. The Morgan fingerprint density at radius 1 is 1.03 bits per heavy atom. The van der Waals surface area contributed by atoms with E-state index < -0.39 is 11.6 Å². The molecule has 11 heteroatoms. The van der Waals surface area contributed by atoms with Gasteiger partial charge in [0.05, 0.1) is 23.3 Å². The second-order valence-electron chi connectivity index (χ2n) is 7.80. The molecule has 0 fully saturated rings. The van der Waals surface area contributed by atoms with Gasteiger partial charge in [0, 0.05) is 41.0 Å². The van der Waals surface area contributed by atoms with Crippen molar-refractivity contribution in [3.63, 3.8) is 0 Å². The number of fused-ring (bicyclic) bond motifs is 1. The monoisotopic (exact) mass is 503 g/mol. The van der Waals surface area contributed by atoms with E-state index in [1.807, 2.05) is 18.2 Å². The minimum absolute atomic E-state index is 0.00177. The number of nitrogens with two attached hydrogens (primary N) is 1. The van der Waals surface area contributed by atoms with Crippen molar-refractivity contribution in [3.8, 4) is 10.6 Å². The maximum atomic E-state index is 14.7. The third kappa shape index (κ3) is 4.82. The molecule has 0 aliphatic carbocycles. The number of nitrogens with zero attached hydrogens (tertiary/aromatic N) is 4. The van der Waals surface area contributed by atoms with E-state index in [1.54, 1.807) is 24.5 Å². The molecule has 0 radical (unpaired) electrons. The van der Waals surface area contributed by atoms with Gasteiger partial charge in [0.25, 0.3) is 5.91 Å². The molecule has 4 N–H and O–H groups in total. The van der Waals surface area contributed by atoms with Gasteiger partial charge in [-0.05, 0) is 42.0 Å². The lowest BCUT2D eigenvalue weighted by Gasteiger charge is -2.14. The van der Waals surface area contributed by atoms with Crippen molar-refractivity contribution in [3.05, 3.63) is 95.0 Å². The largest absolute Gasteiger partial charge is 0.383 e. The number of nitrogen functional groups attached to an aromatic ring is 1. The van der Waals surface area contributed by atoms with E-state index in [0.29, 0.717) is 16.9 Å². The molecule has 0 saturated carbocycles. The van der Waals surface area contributed by atoms with Gasteiger partial charge in [-0.15, -0.1) is 11.3 Å². The quantitative estimate of drug-likeness (QED) is 0.298. The second kappa shape index (κ2) is 10.0. The van der Waals surface area contributed by atoms with Crippen LogP contribution < -0.4 is 16.4 Å². The molecule has 0 atom stereocenters. The number of amides is 1. The Kier molecular flexibility index (Phi) is 6.46. The van der Waals surface area contributed by atoms with Crippen molar-refractivity contribution in [1.29, 1.82) is 0 Å². The van der Waals surface area contributed by atoms with Crippen LogP contribution in [-0.4, -0.2) is 25.8 Å². The second-order valence-corrected chi connectivity index (χ2v) is 8.91. The van der Waals surface area contributed by atoms with Gasteiger partial charge in [-0.25, -0.2) is 23.7 Å². The zero-order valence-electron chi connectivity index (χ0n) is 18.7. The topological polar surface area (TPSA) is 119 Å². The Balaban J connectivity index is 1.32. The van der Waals surface area contributed by atoms with E-state index in [4.69, 9.17) is 5.73 Å². The lowest BCUT2D eigenvalue weighted by molar-refractivity contribution is 0.0950. The highest BCUT2D eigenvalue weighted by atomic mass is 32.1. The van der Waals surface area contributed by atoms with Crippen LogP contribution in [0.1, 0.15) is 20.8 Å². The maximum absolute atomic E-state index is 14.7. The van der Waals surface area contributed by atoms with Gasteiger partial charge in [0.15, 0.2) is 11.6 Å². The van der Waals surface area contributed by atoms with Crippen LogP contribution in [-0.2, 0) is 13.1 Å². The van der Waals surface area contributed by atoms with Crippen LogP contribution in [0.15, 0.2) is 67.4 Å². The number of anilines is 2. The van der Waals surface area contributed by atoms with Crippen LogP contribution in [0.2, 0.25) is 0 Å². The van der Waals surface area contributed by atoms with Crippen LogP contribution >= 0.6 is 11.3 Å².